The minimum Gasteiger partial charge on any atom is -0.343 e. The average Bonchev–Trinajstić information content (AvgIpc) is 2.59. The molecule has 0 bridgehead atoms. The van der Waals surface area contributed by atoms with Gasteiger partial charge in [-0.05, 0) is 43.9 Å². The highest BCUT2D eigenvalue weighted by atomic mass is 35.5. The summed E-state index contributed by atoms with van der Waals surface area (Å²) in [5, 5.41) is 1.73. The molecule has 1 aliphatic heterocycles. The van der Waals surface area contributed by atoms with Crippen molar-refractivity contribution in [1.82, 2.24) is 9.62 Å². The first-order chi connectivity index (χ1) is 12.0. The van der Waals surface area contributed by atoms with Gasteiger partial charge in [-0.15, -0.1) is 12.4 Å². The summed E-state index contributed by atoms with van der Waals surface area (Å²) in [6.07, 6.45) is -3.03. The molecule has 1 aromatic rings. The van der Waals surface area contributed by atoms with Crippen molar-refractivity contribution in [2.24, 2.45) is 11.7 Å². The first-order valence-electron chi connectivity index (χ1n) is 8.21. The number of hydrogen-bond acceptors (Lipinski definition) is 4. The SMILES string of the molecule is CC(N)C1CCCN(S(=O)(=O)c2cccc(C(=O)NCC(F)(F)F)c2)C1.Cl. The van der Waals surface area contributed by atoms with Gasteiger partial charge in [0.1, 0.15) is 6.54 Å². The van der Waals surface area contributed by atoms with Crippen molar-refractivity contribution in [2.45, 2.75) is 36.9 Å². The van der Waals surface area contributed by atoms with E-state index in [1.807, 2.05) is 6.92 Å². The molecule has 2 atom stereocenters. The van der Waals surface area contributed by atoms with Crippen LogP contribution < -0.4 is 11.1 Å². The molecule has 0 spiro atoms. The zero-order valence-corrected chi connectivity index (χ0v) is 16.3. The summed E-state index contributed by atoms with van der Waals surface area (Å²) in [5.41, 5.74) is 5.73. The van der Waals surface area contributed by atoms with E-state index in [9.17, 15) is 26.4 Å². The van der Waals surface area contributed by atoms with Crippen molar-refractivity contribution in [3.8, 4) is 0 Å². The molecule has 1 amide bonds. The van der Waals surface area contributed by atoms with Crippen LogP contribution in [0.2, 0.25) is 0 Å². The van der Waals surface area contributed by atoms with Crippen LogP contribution in [0.15, 0.2) is 29.2 Å². The zero-order valence-electron chi connectivity index (χ0n) is 14.7. The fraction of sp³-hybridized carbons (Fsp3) is 0.562. The number of nitrogens with zero attached hydrogens (tertiary/aromatic N) is 1. The van der Waals surface area contributed by atoms with Crippen LogP contribution in [0.4, 0.5) is 13.2 Å². The first-order valence-corrected chi connectivity index (χ1v) is 9.65. The van der Waals surface area contributed by atoms with E-state index < -0.39 is 28.7 Å². The van der Waals surface area contributed by atoms with Crippen LogP contribution >= 0.6 is 12.4 Å². The van der Waals surface area contributed by atoms with E-state index in [-0.39, 0.29) is 41.4 Å². The molecule has 3 N–H and O–H groups in total. The highest BCUT2D eigenvalue weighted by molar-refractivity contribution is 7.89. The van der Waals surface area contributed by atoms with E-state index in [1.54, 1.807) is 5.32 Å². The highest BCUT2D eigenvalue weighted by Crippen LogP contribution is 2.25. The van der Waals surface area contributed by atoms with E-state index in [0.29, 0.717) is 13.0 Å². The minimum atomic E-state index is -4.54. The Hall–Kier alpha value is -1.36. The Morgan fingerprint density at radius 2 is 2.07 bits per heavy atom. The zero-order chi connectivity index (χ0) is 19.5. The predicted molar refractivity (Wildman–Crippen MR) is 97.2 cm³/mol. The molecular formula is C16H23ClF3N3O3S. The molecule has 0 saturated carbocycles. The fourth-order valence-corrected chi connectivity index (χ4v) is 4.43. The second-order valence-electron chi connectivity index (χ2n) is 6.45. The third kappa shape index (κ3) is 6.34. The number of carbonyl (C=O) groups is 1. The largest absolute Gasteiger partial charge is 0.405 e. The predicted octanol–water partition coefficient (Wildman–Crippen LogP) is 2.15. The van der Waals surface area contributed by atoms with E-state index >= 15 is 0 Å². The molecule has 1 fully saturated rings. The Morgan fingerprint density at radius 3 is 2.67 bits per heavy atom. The van der Waals surface area contributed by atoms with Crippen molar-refractivity contribution in [1.29, 1.82) is 0 Å². The Kier molecular flexibility index (Phi) is 8.09. The molecule has 27 heavy (non-hydrogen) atoms. The maximum atomic E-state index is 12.8. The van der Waals surface area contributed by atoms with Crippen molar-refractivity contribution < 1.29 is 26.4 Å². The van der Waals surface area contributed by atoms with Crippen molar-refractivity contribution in [3.63, 3.8) is 0 Å². The number of sulfonamides is 1. The minimum absolute atomic E-state index is 0. The number of benzene rings is 1. The summed E-state index contributed by atoms with van der Waals surface area (Å²) >= 11 is 0. The van der Waals surface area contributed by atoms with Crippen molar-refractivity contribution in [3.05, 3.63) is 29.8 Å². The molecule has 1 aliphatic rings. The molecule has 1 saturated heterocycles. The van der Waals surface area contributed by atoms with E-state index in [0.717, 1.165) is 12.5 Å². The number of rotatable bonds is 5. The van der Waals surface area contributed by atoms with Gasteiger partial charge < -0.3 is 11.1 Å². The smallest absolute Gasteiger partial charge is 0.343 e. The van der Waals surface area contributed by atoms with Gasteiger partial charge in [0.25, 0.3) is 5.91 Å². The summed E-state index contributed by atoms with van der Waals surface area (Å²) in [7, 11) is -3.85. The van der Waals surface area contributed by atoms with Crippen LogP contribution in [-0.2, 0) is 10.0 Å². The molecule has 11 heteroatoms. The van der Waals surface area contributed by atoms with Gasteiger partial charge in [-0.25, -0.2) is 8.42 Å². The first kappa shape index (κ1) is 23.7. The maximum absolute atomic E-state index is 12.8. The van der Waals surface area contributed by atoms with Crippen molar-refractivity contribution in [2.75, 3.05) is 19.6 Å². The van der Waals surface area contributed by atoms with E-state index in [1.165, 1.54) is 22.5 Å². The van der Waals surface area contributed by atoms with Crippen LogP contribution in [0.5, 0.6) is 0 Å². The molecular weight excluding hydrogens is 407 g/mol. The Balaban J connectivity index is 0.00000364. The van der Waals surface area contributed by atoms with Gasteiger partial charge >= 0.3 is 6.18 Å². The van der Waals surface area contributed by atoms with Crippen LogP contribution in [0, 0.1) is 5.92 Å². The number of nitrogens with one attached hydrogen (secondary N) is 1. The normalized spacial score (nSPS) is 19.8. The number of alkyl halides is 3. The molecule has 0 aromatic heterocycles. The third-order valence-electron chi connectivity index (χ3n) is 4.35. The van der Waals surface area contributed by atoms with Crippen LogP contribution in [0.1, 0.15) is 30.1 Å². The lowest BCUT2D eigenvalue weighted by atomic mass is 9.93. The number of hydrogen-bond donors (Lipinski definition) is 2. The Bertz CT molecular complexity index is 757. The van der Waals surface area contributed by atoms with Crippen LogP contribution in [0.3, 0.4) is 0 Å². The molecule has 6 nitrogen and oxygen atoms in total. The topological polar surface area (TPSA) is 92.5 Å². The van der Waals surface area contributed by atoms with Gasteiger partial charge in [-0.1, -0.05) is 6.07 Å². The molecule has 0 aliphatic carbocycles. The second-order valence-corrected chi connectivity index (χ2v) is 8.39. The quantitative estimate of drug-likeness (QED) is 0.750. The number of carbonyl (C=O) groups excluding carboxylic acids is 1. The summed E-state index contributed by atoms with van der Waals surface area (Å²) < 4.78 is 63.6. The van der Waals surface area contributed by atoms with Crippen molar-refractivity contribution >= 4 is 28.3 Å². The third-order valence-corrected chi connectivity index (χ3v) is 6.21. The van der Waals surface area contributed by atoms with Gasteiger partial charge in [0.2, 0.25) is 10.0 Å². The van der Waals surface area contributed by atoms with Gasteiger partial charge in [0, 0.05) is 24.7 Å². The number of nitrogens with two attached hydrogens (primary N) is 1. The lowest BCUT2D eigenvalue weighted by Crippen LogP contribution is -2.45. The molecule has 1 aromatic carbocycles. The molecule has 0 radical (unpaired) electrons. The van der Waals surface area contributed by atoms with Crippen LogP contribution in [-0.4, -0.2) is 50.5 Å². The highest BCUT2D eigenvalue weighted by Gasteiger charge is 2.32. The van der Waals surface area contributed by atoms with Gasteiger partial charge in [0.05, 0.1) is 4.90 Å². The molecule has 154 valence electrons. The Labute approximate surface area is 162 Å². The van der Waals surface area contributed by atoms with E-state index in [2.05, 4.69) is 0 Å². The summed E-state index contributed by atoms with van der Waals surface area (Å²) in [5.74, 6) is -0.941. The van der Waals surface area contributed by atoms with Gasteiger partial charge in [0.15, 0.2) is 0 Å². The standard InChI is InChI=1S/C16H22F3N3O3S.ClH/c1-11(20)13-5-3-7-22(9-13)26(24,25)14-6-2-4-12(8-14)15(23)21-10-16(17,18)19;/h2,4,6,8,11,13H,3,5,7,9-10,20H2,1H3,(H,21,23);1H. The van der Waals surface area contributed by atoms with E-state index in [4.69, 9.17) is 5.73 Å². The lowest BCUT2D eigenvalue weighted by molar-refractivity contribution is -0.123. The second kappa shape index (κ2) is 9.22. The van der Waals surface area contributed by atoms with Crippen LogP contribution in [0.25, 0.3) is 0 Å². The molecule has 1 heterocycles. The maximum Gasteiger partial charge on any atom is 0.405 e. The van der Waals surface area contributed by atoms with Gasteiger partial charge in [-0.2, -0.15) is 17.5 Å². The Morgan fingerprint density at radius 1 is 1.41 bits per heavy atom. The number of piperidine rings is 1. The fourth-order valence-electron chi connectivity index (χ4n) is 2.85. The number of halogens is 4. The summed E-state index contributed by atoms with van der Waals surface area (Å²) in [6.45, 7) is 0.970. The molecule has 2 rings (SSSR count). The monoisotopic (exact) mass is 429 g/mol. The summed E-state index contributed by atoms with van der Waals surface area (Å²) in [6, 6.07) is 4.88. The van der Waals surface area contributed by atoms with Gasteiger partial charge in [-0.3, -0.25) is 4.79 Å². The lowest BCUT2D eigenvalue weighted by Gasteiger charge is -2.33. The number of amides is 1. The average molecular weight is 430 g/mol. The summed E-state index contributed by atoms with van der Waals surface area (Å²) in [4.78, 5) is 11.7. The molecule has 2 unspecified atom stereocenters.